The van der Waals surface area contributed by atoms with Crippen LogP contribution in [0.5, 0.6) is 0 Å². The van der Waals surface area contributed by atoms with Crippen LogP contribution in [0.4, 0.5) is 0 Å². The number of hydrogen-bond donors (Lipinski definition) is 2. The smallest absolute Gasteiger partial charge is 0.234 e. The Hall–Kier alpha value is -0.950. The monoisotopic (exact) mass is 339 g/mol. The van der Waals surface area contributed by atoms with Gasteiger partial charge in [0, 0.05) is 18.0 Å². The molecule has 1 aliphatic heterocycles. The largest absolute Gasteiger partial charge is 0.392 e. The zero-order valence-electron chi connectivity index (χ0n) is 14.2. The maximum Gasteiger partial charge on any atom is 0.234 e. The molecule has 1 aromatic rings. The summed E-state index contributed by atoms with van der Waals surface area (Å²) in [4.78, 5) is 17.6. The highest BCUT2D eigenvalue weighted by atomic mass is 32.1. The molecule has 1 amide bonds. The molecule has 1 saturated heterocycles. The molecule has 0 radical (unpaired) electrons. The second kappa shape index (κ2) is 9.37. The minimum Gasteiger partial charge on any atom is -0.392 e. The third-order valence-corrected chi connectivity index (χ3v) is 5.13. The van der Waals surface area contributed by atoms with Gasteiger partial charge in [-0.1, -0.05) is 6.07 Å². The molecule has 0 saturated carbocycles. The van der Waals surface area contributed by atoms with Crippen LogP contribution in [0, 0.1) is 5.92 Å². The van der Waals surface area contributed by atoms with Crippen LogP contribution in [-0.2, 0) is 11.3 Å². The molecule has 0 unspecified atom stereocenters. The fourth-order valence-electron chi connectivity index (χ4n) is 3.13. The van der Waals surface area contributed by atoms with Crippen molar-refractivity contribution in [3.05, 3.63) is 22.4 Å². The van der Waals surface area contributed by atoms with Gasteiger partial charge in [0.1, 0.15) is 0 Å². The number of rotatable bonds is 8. The van der Waals surface area contributed by atoms with E-state index >= 15 is 0 Å². The maximum absolute atomic E-state index is 12.0. The van der Waals surface area contributed by atoms with E-state index < -0.39 is 0 Å². The van der Waals surface area contributed by atoms with Crippen LogP contribution in [0.2, 0.25) is 0 Å². The predicted molar refractivity (Wildman–Crippen MR) is 94.5 cm³/mol. The number of β-amino-alcohol motifs (C(OH)–C–C–N with tert-alkyl or cyclic N) is 1. The quantitative estimate of drug-likeness (QED) is 0.751. The zero-order valence-corrected chi connectivity index (χ0v) is 15.0. The van der Waals surface area contributed by atoms with Crippen molar-refractivity contribution in [1.82, 2.24) is 15.1 Å². The number of nitrogens with one attached hydrogen (secondary N) is 1. The van der Waals surface area contributed by atoms with Gasteiger partial charge in [0.2, 0.25) is 5.91 Å². The van der Waals surface area contributed by atoms with E-state index in [-0.39, 0.29) is 12.0 Å². The summed E-state index contributed by atoms with van der Waals surface area (Å²) >= 11 is 1.67. The van der Waals surface area contributed by atoms with E-state index in [9.17, 15) is 9.90 Å². The van der Waals surface area contributed by atoms with Crippen molar-refractivity contribution in [2.45, 2.75) is 32.4 Å². The highest BCUT2D eigenvalue weighted by molar-refractivity contribution is 7.09. The summed E-state index contributed by atoms with van der Waals surface area (Å²) in [6.45, 7) is 6.76. The van der Waals surface area contributed by atoms with E-state index in [0.29, 0.717) is 19.0 Å². The highest BCUT2D eigenvalue weighted by Crippen LogP contribution is 2.18. The Morgan fingerprint density at radius 3 is 2.87 bits per heavy atom. The summed E-state index contributed by atoms with van der Waals surface area (Å²) < 4.78 is 0. The molecular formula is C17H29N3O2S. The maximum atomic E-state index is 12.0. The van der Waals surface area contributed by atoms with Crippen molar-refractivity contribution in [3.63, 3.8) is 0 Å². The van der Waals surface area contributed by atoms with Crippen LogP contribution in [0.15, 0.2) is 17.5 Å². The number of thiophene rings is 1. The third kappa shape index (κ3) is 6.99. The van der Waals surface area contributed by atoms with Crippen LogP contribution in [-0.4, -0.2) is 66.7 Å². The van der Waals surface area contributed by atoms with Crippen LogP contribution in [0.1, 0.15) is 24.6 Å². The molecule has 2 N–H and O–H groups in total. The summed E-state index contributed by atoms with van der Waals surface area (Å²) in [6, 6.07) is 4.04. The SMILES string of the molecule is C[C@H](O)CN1CCC(CN(C)CC(=O)NCc2cccs2)CC1. The number of aliphatic hydroxyl groups excluding tert-OH is 1. The lowest BCUT2D eigenvalue weighted by atomic mass is 9.96. The van der Waals surface area contributed by atoms with E-state index in [4.69, 9.17) is 0 Å². The molecule has 0 aliphatic carbocycles. The molecule has 0 bridgehead atoms. The van der Waals surface area contributed by atoms with Crippen molar-refractivity contribution in [3.8, 4) is 0 Å². The first-order valence-corrected chi connectivity index (χ1v) is 9.29. The molecule has 5 nitrogen and oxygen atoms in total. The van der Waals surface area contributed by atoms with Crippen molar-refractivity contribution in [2.24, 2.45) is 5.92 Å². The van der Waals surface area contributed by atoms with Crippen LogP contribution >= 0.6 is 11.3 Å². The number of carbonyl (C=O) groups is 1. The summed E-state index contributed by atoms with van der Waals surface area (Å²) in [5.41, 5.74) is 0. The van der Waals surface area contributed by atoms with E-state index in [1.165, 1.54) is 4.88 Å². The number of amides is 1. The lowest BCUT2D eigenvalue weighted by Gasteiger charge is -2.34. The lowest BCUT2D eigenvalue weighted by molar-refractivity contribution is -0.122. The van der Waals surface area contributed by atoms with E-state index in [1.54, 1.807) is 11.3 Å². The second-order valence-corrected chi connectivity index (χ2v) is 7.68. The van der Waals surface area contributed by atoms with Gasteiger partial charge in [-0.05, 0) is 57.3 Å². The third-order valence-electron chi connectivity index (χ3n) is 4.25. The number of piperidine rings is 1. The number of likely N-dealkylation sites (N-methyl/N-ethyl adjacent to an activating group) is 1. The second-order valence-electron chi connectivity index (χ2n) is 6.65. The molecule has 1 atom stereocenters. The van der Waals surface area contributed by atoms with Gasteiger partial charge in [0.05, 0.1) is 19.2 Å². The van der Waals surface area contributed by atoms with Crippen LogP contribution < -0.4 is 5.32 Å². The molecule has 0 aromatic carbocycles. The Balaban J connectivity index is 1.61. The van der Waals surface area contributed by atoms with Crippen LogP contribution in [0.3, 0.4) is 0 Å². The molecule has 1 aliphatic rings. The first-order valence-electron chi connectivity index (χ1n) is 8.41. The molecule has 0 spiro atoms. The lowest BCUT2D eigenvalue weighted by Crippen LogP contribution is -2.42. The van der Waals surface area contributed by atoms with Crippen molar-refractivity contribution >= 4 is 17.2 Å². The highest BCUT2D eigenvalue weighted by Gasteiger charge is 2.21. The van der Waals surface area contributed by atoms with Gasteiger partial charge >= 0.3 is 0 Å². The average molecular weight is 340 g/mol. The molecule has 6 heteroatoms. The minimum absolute atomic E-state index is 0.0902. The van der Waals surface area contributed by atoms with Gasteiger partial charge in [-0.2, -0.15) is 0 Å². The molecule has 130 valence electrons. The molecule has 1 fully saturated rings. The number of hydrogen-bond acceptors (Lipinski definition) is 5. The van der Waals surface area contributed by atoms with Crippen molar-refractivity contribution in [2.75, 3.05) is 39.8 Å². The molecule has 23 heavy (non-hydrogen) atoms. The average Bonchev–Trinajstić information content (AvgIpc) is 3.00. The first kappa shape index (κ1) is 18.4. The number of carbonyl (C=O) groups excluding carboxylic acids is 1. The topological polar surface area (TPSA) is 55.8 Å². The molecule has 2 heterocycles. The minimum atomic E-state index is -0.249. The fraction of sp³-hybridized carbons (Fsp3) is 0.706. The summed E-state index contributed by atoms with van der Waals surface area (Å²) in [7, 11) is 2.02. The number of nitrogens with zero attached hydrogens (tertiary/aromatic N) is 2. The van der Waals surface area contributed by atoms with Crippen molar-refractivity contribution < 1.29 is 9.90 Å². The van der Waals surface area contributed by atoms with Gasteiger partial charge in [0.15, 0.2) is 0 Å². The number of aliphatic hydroxyl groups is 1. The number of likely N-dealkylation sites (tertiary alicyclic amines) is 1. The van der Waals surface area contributed by atoms with Gasteiger partial charge in [-0.3, -0.25) is 9.69 Å². The van der Waals surface area contributed by atoms with E-state index in [2.05, 4.69) is 15.1 Å². The first-order chi connectivity index (χ1) is 11.0. The van der Waals surface area contributed by atoms with Crippen molar-refractivity contribution in [1.29, 1.82) is 0 Å². The Morgan fingerprint density at radius 2 is 2.26 bits per heavy atom. The zero-order chi connectivity index (χ0) is 16.7. The molecular weight excluding hydrogens is 310 g/mol. The summed E-state index contributed by atoms with van der Waals surface area (Å²) in [6.07, 6.45) is 2.04. The van der Waals surface area contributed by atoms with Gasteiger partial charge in [-0.15, -0.1) is 11.3 Å². The predicted octanol–water partition coefficient (Wildman–Crippen LogP) is 1.39. The van der Waals surface area contributed by atoms with Gasteiger partial charge < -0.3 is 15.3 Å². The summed E-state index contributed by atoms with van der Waals surface area (Å²) in [5.74, 6) is 0.739. The normalized spacial score (nSPS) is 18.3. The summed E-state index contributed by atoms with van der Waals surface area (Å²) in [5, 5.41) is 14.4. The fourth-order valence-corrected chi connectivity index (χ4v) is 3.78. The Morgan fingerprint density at radius 1 is 1.52 bits per heavy atom. The van der Waals surface area contributed by atoms with Crippen LogP contribution in [0.25, 0.3) is 0 Å². The van der Waals surface area contributed by atoms with Gasteiger partial charge in [-0.25, -0.2) is 0 Å². The van der Waals surface area contributed by atoms with E-state index in [1.807, 2.05) is 31.5 Å². The molecule has 1 aromatic heterocycles. The Bertz CT molecular complexity index is 456. The standard InChI is InChI=1S/C17H29N3O2S/c1-14(21)11-20-7-5-15(6-8-20)12-19(2)13-17(22)18-10-16-4-3-9-23-16/h3-4,9,14-15,21H,5-8,10-13H2,1-2H3,(H,18,22)/t14-/m0/s1. The molecule has 2 rings (SSSR count). The Kier molecular flexibility index (Phi) is 7.49. The van der Waals surface area contributed by atoms with Gasteiger partial charge in [0.25, 0.3) is 0 Å². The Labute approximate surface area is 143 Å². The van der Waals surface area contributed by atoms with E-state index in [0.717, 1.165) is 39.0 Å².